The van der Waals surface area contributed by atoms with E-state index in [2.05, 4.69) is 202 Å². The summed E-state index contributed by atoms with van der Waals surface area (Å²) in [5, 5.41) is 1.87. The smallest absolute Gasteiger partial charge is 0.146 e. The van der Waals surface area contributed by atoms with E-state index in [1.54, 1.807) is 0 Å². The highest BCUT2D eigenvalue weighted by atomic mass is 79.9. The summed E-state index contributed by atoms with van der Waals surface area (Å²) < 4.78 is 8.36. The lowest BCUT2D eigenvalue weighted by Crippen LogP contribution is -2.45. The summed E-state index contributed by atoms with van der Waals surface area (Å²) >= 11 is 7.41. The molecule has 0 aliphatic rings. The van der Waals surface area contributed by atoms with Gasteiger partial charge in [-0.2, -0.15) is 0 Å². The van der Waals surface area contributed by atoms with Gasteiger partial charge in [0.25, 0.3) is 0 Å². The number of hydrogen-bond acceptors (Lipinski definition) is 1. The van der Waals surface area contributed by atoms with Gasteiger partial charge in [-0.05, 0) is 70.2 Å². The normalized spacial score (nSPS) is 11.8. The van der Waals surface area contributed by atoms with Crippen LogP contribution in [-0.4, -0.2) is 10.7 Å². The second-order valence-corrected chi connectivity index (χ2v) is 13.4. The number of rotatable bonds is 14. The first-order valence-electron chi connectivity index (χ1n) is 16.4. The van der Waals surface area contributed by atoms with Crippen LogP contribution in [0.2, 0.25) is 0 Å². The SMILES string of the molecule is BrCCCc1ccccc1C(OC(c1ccccc1)(c1ccccc1)c1ccccc1CCCBr)(c1ccccc1)c1ccccc1. The molecule has 236 valence electrons. The molecule has 0 bridgehead atoms. The summed E-state index contributed by atoms with van der Waals surface area (Å²) in [6.07, 6.45) is 3.90. The molecule has 6 aromatic rings. The van der Waals surface area contributed by atoms with E-state index in [1.165, 1.54) is 11.1 Å². The second kappa shape index (κ2) is 15.9. The molecule has 3 heteroatoms. The third-order valence-electron chi connectivity index (χ3n) is 8.98. The van der Waals surface area contributed by atoms with Crippen molar-refractivity contribution >= 4 is 31.9 Å². The summed E-state index contributed by atoms with van der Waals surface area (Å²) in [6.45, 7) is 0. The Kier molecular flexibility index (Phi) is 11.2. The largest absolute Gasteiger partial charge is 0.340 e. The molecule has 0 fully saturated rings. The van der Waals surface area contributed by atoms with Crippen LogP contribution in [0.3, 0.4) is 0 Å². The van der Waals surface area contributed by atoms with E-state index in [9.17, 15) is 0 Å². The zero-order chi connectivity index (χ0) is 32.4. The van der Waals surface area contributed by atoms with Gasteiger partial charge in [-0.1, -0.05) is 202 Å². The van der Waals surface area contributed by atoms with Crippen molar-refractivity contribution in [2.45, 2.75) is 36.9 Å². The van der Waals surface area contributed by atoms with E-state index >= 15 is 0 Å². The lowest BCUT2D eigenvalue weighted by molar-refractivity contribution is -0.0818. The highest BCUT2D eigenvalue weighted by molar-refractivity contribution is 9.09. The molecular formula is C44H40Br2O. The topological polar surface area (TPSA) is 9.23 Å². The molecule has 0 unspecified atom stereocenters. The van der Waals surface area contributed by atoms with Crippen molar-refractivity contribution in [2.75, 3.05) is 10.7 Å². The summed E-state index contributed by atoms with van der Waals surface area (Å²) in [5.41, 5.74) is 7.29. The minimum Gasteiger partial charge on any atom is -0.340 e. The van der Waals surface area contributed by atoms with Gasteiger partial charge in [0.15, 0.2) is 0 Å². The van der Waals surface area contributed by atoms with Crippen LogP contribution >= 0.6 is 31.9 Å². The molecule has 47 heavy (non-hydrogen) atoms. The molecule has 0 spiro atoms. The molecule has 6 rings (SSSR count). The Morgan fingerprint density at radius 2 is 0.638 bits per heavy atom. The van der Waals surface area contributed by atoms with Crippen LogP contribution in [0.1, 0.15) is 57.3 Å². The number of aryl methyl sites for hydroxylation is 2. The highest BCUT2D eigenvalue weighted by Crippen LogP contribution is 2.52. The Labute approximate surface area is 296 Å². The van der Waals surface area contributed by atoms with E-state index in [1.807, 2.05) is 0 Å². The fourth-order valence-electron chi connectivity index (χ4n) is 6.90. The molecule has 0 aliphatic carbocycles. The van der Waals surface area contributed by atoms with Crippen molar-refractivity contribution in [1.82, 2.24) is 0 Å². The maximum atomic E-state index is 8.36. The molecule has 0 radical (unpaired) electrons. The number of hydrogen-bond donors (Lipinski definition) is 0. The average Bonchev–Trinajstić information content (AvgIpc) is 3.16. The molecule has 6 aromatic carbocycles. The summed E-state index contributed by atoms with van der Waals surface area (Å²) in [6, 6.07) is 61.0. The monoisotopic (exact) mass is 742 g/mol. The second-order valence-electron chi connectivity index (χ2n) is 11.8. The number of ether oxygens (including phenoxy) is 1. The third kappa shape index (κ3) is 6.81. The van der Waals surface area contributed by atoms with Crippen molar-refractivity contribution in [1.29, 1.82) is 0 Å². The van der Waals surface area contributed by atoms with Crippen LogP contribution in [0.4, 0.5) is 0 Å². The van der Waals surface area contributed by atoms with Crippen LogP contribution in [-0.2, 0) is 28.8 Å². The van der Waals surface area contributed by atoms with Gasteiger partial charge in [0, 0.05) is 10.7 Å². The lowest BCUT2D eigenvalue weighted by atomic mass is 9.73. The van der Waals surface area contributed by atoms with Gasteiger partial charge >= 0.3 is 0 Å². The van der Waals surface area contributed by atoms with E-state index in [4.69, 9.17) is 4.74 Å². The molecule has 1 nitrogen and oxygen atoms in total. The van der Waals surface area contributed by atoms with Crippen LogP contribution in [0, 0.1) is 0 Å². The molecule has 0 saturated heterocycles. The van der Waals surface area contributed by atoms with Gasteiger partial charge in [-0.15, -0.1) is 0 Å². The quantitative estimate of drug-likeness (QED) is 0.0797. The summed E-state index contributed by atoms with van der Waals surface area (Å²) in [7, 11) is 0. The van der Waals surface area contributed by atoms with Gasteiger partial charge in [-0.25, -0.2) is 0 Å². The van der Waals surface area contributed by atoms with Crippen molar-refractivity contribution in [3.63, 3.8) is 0 Å². The molecule has 0 saturated carbocycles. The predicted octanol–water partition coefficient (Wildman–Crippen LogP) is 11.6. The summed E-state index contributed by atoms with van der Waals surface area (Å²) in [4.78, 5) is 0. The first-order chi connectivity index (χ1) is 23.2. The van der Waals surface area contributed by atoms with Crippen molar-refractivity contribution < 1.29 is 4.74 Å². The fourth-order valence-corrected chi connectivity index (χ4v) is 7.46. The fraction of sp³-hybridized carbons (Fsp3) is 0.182. The Balaban J connectivity index is 1.78. The van der Waals surface area contributed by atoms with Crippen molar-refractivity contribution in [2.24, 2.45) is 0 Å². The maximum Gasteiger partial charge on any atom is 0.146 e. The Morgan fingerprint density at radius 1 is 0.362 bits per heavy atom. The first-order valence-corrected chi connectivity index (χ1v) is 18.7. The Morgan fingerprint density at radius 3 is 0.936 bits per heavy atom. The van der Waals surface area contributed by atoms with Crippen molar-refractivity contribution in [3.8, 4) is 0 Å². The average molecular weight is 745 g/mol. The first kappa shape index (κ1) is 33.2. The molecule has 0 aromatic heterocycles. The highest BCUT2D eigenvalue weighted by Gasteiger charge is 2.50. The minimum absolute atomic E-state index is 0.928. The zero-order valence-corrected chi connectivity index (χ0v) is 29.7. The van der Waals surface area contributed by atoms with Crippen LogP contribution in [0.15, 0.2) is 170 Å². The number of halogens is 2. The third-order valence-corrected chi connectivity index (χ3v) is 10.1. The Bertz CT molecular complexity index is 1610. The molecule has 0 atom stereocenters. The number of benzene rings is 6. The maximum absolute atomic E-state index is 8.36. The van der Waals surface area contributed by atoms with Gasteiger partial charge in [0.2, 0.25) is 0 Å². The van der Waals surface area contributed by atoms with E-state index in [-0.39, 0.29) is 0 Å². The van der Waals surface area contributed by atoms with Gasteiger partial charge in [0.1, 0.15) is 11.2 Å². The molecule has 0 N–H and O–H groups in total. The van der Waals surface area contributed by atoms with Crippen LogP contribution < -0.4 is 0 Å². The van der Waals surface area contributed by atoms with Gasteiger partial charge < -0.3 is 4.74 Å². The van der Waals surface area contributed by atoms with Gasteiger partial charge in [-0.3, -0.25) is 0 Å². The standard InChI is InChI=1S/C44H40Br2O/c45-33-17-21-35-19-13-15-31-41(35)43(37-23-5-1-6-24-37,38-25-7-2-8-26-38)47-44(39-27-9-3-10-28-39,40-29-11-4-12-30-40)42-32-16-14-20-36(42)22-18-34-46/h1-16,19-20,23-32H,17-18,21-22,33-34H2. The van der Waals surface area contributed by atoms with E-state index in [0.29, 0.717) is 0 Å². The molecule has 0 aliphatic heterocycles. The van der Waals surface area contributed by atoms with Crippen LogP contribution in [0.25, 0.3) is 0 Å². The predicted molar refractivity (Wildman–Crippen MR) is 204 cm³/mol. The van der Waals surface area contributed by atoms with Crippen LogP contribution in [0.5, 0.6) is 0 Å². The van der Waals surface area contributed by atoms with E-state index in [0.717, 1.165) is 69.7 Å². The van der Waals surface area contributed by atoms with Gasteiger partial charge in [0.05, 0.1) is 0 Å². The Hall–Kier alpha value is -3.76. The molecular weight excluding hydrogens is 704 g/mol. The van der Waals surface area contributed by atoms with E-state index < -0.39 is 11.2 Å². The lowest BCUT2D eigenvalue weighted by Gasteiger charge is -2.47. The minimum atomic E-state index is -0.973. The molecule has 0 heterocycles. The number of alkyl halides is 2. The zero-order valence-electron chi connectivity index (χ0n) is 26.6. The van der Waals surface area contributed by atoms with Crippen molar-refractivity contribution in [3.05, 3.63) is 214 Å². The summed E-state index contributed by atoms with van der Waals surface area (Å²) in [5.74, 6) is 0. The molecule has 0 amide bonds.